The molecule has 1 N–H and O–H groups in total. The highest BCUT2D eigenvalue weighted by Gasteiger charge is 2.14. The van der Waals surface area contributed by atoms with Crippen molar-refractivity contribution in [3.63, 3.8) is 0 Å². The molecule has 1 amide bonds. The summed E-state index contributed by atoms with van der Waals surface area (Å²) in [4.78, 5) is 24.3. The molecule has 0 fully saturated rings. The summed E-state index contributed by atoms with van der Waals surface area (Å²) in [5.41, 5.74) is 1.83. The third-order valence-electron chi connectivity index (χ3n) is 3.42. The lowest BCUT2D eigenvalue weighted by Gasteiger charge is -2.12. The number of hydrogen-bond acceptors (Lipinski definition) is 3. The molecule has 0 aromatic heterocycles. The van der Waals surface area contributed by atoms with Crippen molar-refractivity contribution in [2.24, 2.45) is 0 Å². The van der Waals surface area contributed by atoms with Crippen LogP contribution in [0.3, 0.4) is 0 Å². The zero-order valence-corrected chi connectivity index (χ0v) is 14.6. The van der Waals surface area contributed by atoms with Crippen LogP contribution in [0, 0.1) is 0 Å². The Morgan fingerprint density at radius 1 is 1.17 bits per heavy atom. The van der Waals surface area contributed by atoms with Crippen molar-refractivity contribution in [1.29, 1.82) is 0 Å². The second-order valence-corrected chi connectivity index (χ2v) is 5.92. The van der Waals surface area contributed by atoms with Gasteiger partial charge in [0.2, 0.25) is 5.91 Å². The summed E-state index contributed by atoms with van der Waals surface area (Å²) in [6, 6.07) is 12.6. The van der Waals surface area contributed by atoms with Crippen LogP contribution in [0.25, 0.3) is 0 Å². The summed E-state index contributed by atoms with van der Waals surface area (Å²) in [5.74, 6) is 0.463. The standard InChI is InChI=1S/C18H18BrNO3/c1-3-16(21)14-9-8-13(19)11-15(14)20-18(22)10-12-6-4-5-7-17(12)23-2/h4-9,11H,3,10H2,1-2H3,(H,20,22). The van der Waals surface area contributed by atoms with Gasteiger partial charge < -0.3 is 10.1 Å². The Morgan fingerprint density at radius 2 is 1.91 bits per heavy atom. The van der Waals surface area contributed by atoms with Crippen molar-refractivity contribution in [3.8, 4) is 5.75 Å². The van der Waals surface area contributed by atoms with E-state index in [4.69, 9.17) is 4.74 Å². The molecular weight excluding hydrogens is 358 g/mol. The molecule has 0 aliphatic carbocycles. The van der Waals surface area contributed by atoms with E-state index in [0.29, 0.717) is 23.4 Å². The largest absolute Gasteiger partial charge is 0.496 e. The molecule has 0 radical (unpaired) electrons. The molecular formula is C18H18BrNO3. The van der Waals surface area contributed by atoms with Crippen LogP contribution in [0.4, 0.5) is 5.69 Å². The summed E-state index contributed by atoms with van der Waals surface area (Å²) in [6.07, 6.45) is 0.563. The lowest BCUT2D eigenvalue weighted by molar-refractivity contribution is -0.115. The fourth-order valence-electron chi connectivity index (χ4n) is 2.27. The topological polar surface area (TPSA) is 55.4 Å². The van der Waals surface area contributed by atoms with Crippen LogP contribution in [0.2, 0.25) is 0 Å². The third kappa shape index (κ3) is 4.42. The Hall–Kier alpha value is -2.14. The van der Waals surface area contributed by atoms with E-state index in [0.717, 1.165) is 10.0 Å². The number of methoxy groups -OCH3 is 1. The fraction of sp³-hybridized carbons (Fsp3) is 0.222. The highest BCUT2D eigenvalue weighted by molar-refractivity contribution is 9.10. The van der Waals surface area contributed by atoms with Crippen molar-refractivity contribution < 1.29 is 14.3 Å². The van der Waals surface area contributed by atoms with Crippen molar-refractivity contribution in [2.45, 2.75) is 19.8 Å². The second kappa shape index (κ2) is 7.92. The van der Waals surface area contributed by atoms with E-state index in [1.807, 2.05) is 24.3 Å². The summed E-state index contributed by atoms with van der Waals surface area (Å²) in [5, 5.41) is 2.82. The van der Waals surface area contributed by atoms with Gasteiger partial charge in [-0.1, -0.05) is 41.1 Å². The molecule has 0 aliphatic heterocycles. The minimum Gasteiger partial charge on any atom is -0.496 e. The molecule has 0 saturated heterocycles. The SMILES string of the molecule is CCC(=O)c1ccc(Br)cc1NC(=O)Cc1ccccc1OC. The van der Waals surface area contributed by atoms with Gasteiger partial charge in [0.15, 0.2) is 5.78 Å². The number of Topliss-reactive ketones (excluding diaryl/α,β-unsaturated/α-hetero) is 1. The summed E-state index contributed by atoms with van der Waals surface area (Å²) < 4.78 is 6.06. The van der Waals surface area contributed by atoms with Gasteiger partial charge in [0.1, 0.15) is 5.75 Å². The number of anilines is 1. The number of nitrogens with one attached hydrogen (secondary N) is 1. The normalized spacial score (nSPS) is 10.2. The summed E-state index contributed by atoms with van der Waals surface area (Å²) in [7, 11) is 1.57. The van der Waals surface area contributed by atoms with E-state index in [1.54, 1.807) is 32.2 Å². The first-order chi connectivity index (χ1) is 11.0. The number of hydrogen-bond donors (Lipinski definition) is 1. The van der Waals surface area contributed by atoms with E-state index >= 15 is 0 Å². The van der Waals surface area contributed by atoms with Crippen LogP contribution < -0.4 is 10.1 Å². The van der Waals surface area contributed by atoms with E-state index in [-0.39, 0.29) is 18.1 Å². The maximum Gasteiger partial charge on any atom is 0.228 e. The molecule has 2 rings (SSSR count). The van der Waals surface area contributed by atoms with E-state index in [9.17, 15) is 9.59 Å². The van der Waals surface area contributed by atoms with Gasteiger partial charge in [-0.25, -0.2) is 0 Å². The molecule has 0 spiro atoms. The summed E-state index contributed by atoms with van der Waals surface area (Å²) in [6.45, 7) is 1.80. The maximum absolute atomic E-state index is 12.3. The van der Waals surface area contributed by atoms with Gasteiger partial charge in [-0.2, -0.15) is 0 Å². The van der Waals surface area contributed by atoms with Gasteiger partial charge in [-0.05, 0) is 24.3 Å². The zero-order valence-electron chi connectivity index (χ0n) is 13.1. The lowest BCUT2D eigenvalue weighted by Crippen LogP contribution is -2.17. The number of carbonyl (C=O) groups excluding carboxylic acids is 2. The number of halogens is 1. The Balaban J connectivity index is 2.20. The minimum absolute atomic E-state index is 0.00917. The van der Waals surface area contributed by atoms with Crippen molar-refractivity contribution in [1.82, 2.24) is 0 Å². The van der Waals surface area contributed by atoms with Gasteiger partial charge in [0.05, 0.1) is 19.2 Å². The van der Waals surface area contributed by atoms with Crippen LogP contribution in [-0.2, 0) is 11.2 Å². The maximum atomic E-state index is 12.3. The number of carbonyl (C=O) groups is 2. The van der Waals surface area contributed by atoms with E-state index in [2.05, 4.69) is 21.2 Å². The first-order valence-electron chi connectivity index (χ1n) is 7.29. The Labute approximate surface area is 144 Å². The number of rotatable bonds is 6. The highest BCUT2D eigenvalue weighted by atomic mass is 79.9. The lowest BCUT2D eigenvalue weighted by atomic mass is 10.1. The fourth-order valence-corrected chi connectivity index (χ4v) is 2.63. The Morgan fingerprint density at radius 3 is 2.61 bits per heavy atom. The molecule has 5 heteroatoms. The molecule has 0 aliphatic rings. The highest BCUT2D eigenvalue weighted by Crippen LogP contribution is 2.24. The van der Waals surface area contributed by atoms with Crippen molar-refractivity contribution in [2.75, 3.05) is 12.4 Å². The summed E-state index contributed by atoms with van der Waals surface area (Å²) >= 11 is 3.36. The average molecular weight is 376 g/mol. The number of ketones is 1. The molecule has 0 saturated carbocycles. The van der Waals surface area contributed by atoms with Gasteiger partial charge >= 0.3 is 0 Å². The first kappa shape index (κ1) is 17.2. The molecule has 2 aromatic rings. The molecule has 4 nitrogen and oxygen atoms in total. The average Bonchev–Trinajstić information content (AvgIpc) is 2.54. The Kier molecular flexibility index (Phi) is 5.93. The van der Waals surface area contributed by atoms with Crippen LogP contribution >= 0.6 is 15.9 Å². The van der Waals surface area contributed by atoms with Gasteiger partial charge in [0.25, 0.3) is 0 Å². The predicted octanol–water partition coefficient (Wildman–Crippen LogP) is 4.23. The van der Waals surface area contributed by atoms with Crippen LogP contribution in [0.5, 0.6) is 5.75 Å². The molecule has 0 heterocycles. The smallest absolute Gasteiger partial charge is 0.228 e. The first-order valence-corrected chi connectivity index (χ1v) is 8.09. The molecule has 23 heavy (non-hydrogen) atoms. The molecule has 120 valence electrons. The van der Waals surface area contributed by atoms with Crippen molar-refractivity contribution >= 4 is 33.3 Å². The van der Waals surface area contributed by atoms with Crippen molar-refractivity contribution in [3.05, 3.63) is 58.1 Å². The Bertz CT molecular complexity index is 728. The van der Waals surface area contributed by atoms with E-state index in [1.165, 1.54) is 0 Å². The van der Waals surface area contributed by atoms with E-state index < -0.39 is 0 Å². The predicted molar refractivity (Wildman–Crippen MR) is 94.1 cm³/mol. The second-order valence-electron chi connectivity index (χ2n) is 5.00. The zero-order chi connectivity index (χ0) is 16.8. The minimum atomic E-state index is -0.197. The quantitative estimate of drug-likeness (QED) is 0.768. The molecule has 0 atom stereocenters. The number of para-hydroxylation sites is 1. The number of ether oxygens (including phenoxy) is 1. The van der Waals surface area contributed by atoms with Gasteiger partial charge in [-0.3, -0.25) is 9.59 Å². The van der Waals surface area contributed by atoms with Gasteiger partial charge in [0, 0.05) is 22.0 Å². The third-order valence-corrected chi connectivity index (χ3v) is 3.91. The number of benzene rings is 2. The van der Waals surface area contributed by atoms with Crippen LogP contribution in [0.15, 0.2) is 46.9 Å². The van der Waals surface area contributed by atoms with Crippen LogP contribution in [0.1, 0.15) is 29.3 Å². The monoisotopic (exact) mass is 375 g/mol. The van der Waals surface area contributed by atoms with Crippen LogP contribution in [-0.4, -0.2) is 18.8 Å². The molecule has 0 bridgehead atoms. The molecule has 2 aromatic carbocycles. The number of amides is 1. The molecule has 0 unspecified atom stereocenters. The van der Waals surface area contributed by atoms with Gasteiger partial charge in [-0.15, -0.1) is 0 Å².